The summed E-state index contributed by atoms with van der Waals surface area (Å²) in [6, 6.07) is 6.50. The molecule has 6 heteroatoms. The predicted molar refractivity (Wildman–Crippen MR) is 65.9 cm³/mol. The molecule has 2 atom stereocenters. The summed E-state index contributed by atoms with van der Waals surface area (Å²) in [5.74, 6) is -3.29. The van der Waals surface area contributed by atoms with Crippen LogP contribution in [0.5, 0.6) is 0 Å². The molecule has 1 aliphatic rings. The van der Waals surface area contributed by atoms with Crippen LogP contribution in [0, 0.1) is 0 Å². The van der Waals surface area contributed by atoms with Crippen molar-refractivity contribution >= 4 is 29.3 Å². The van der Waals surface area contributed by atoms with E-state index in [0.29, 0.717) is 10.6 Å². The van der Waals surface area contributed by atoms with Gasteiger partial charge in [0.2, 0.25) is 0 Å². The summed E-state index contributed by atoms with van der Waals surface area (Å²) in [6.07, 6.45) is -0.771. The highest BCUT2D eigenvalue weighted by atomic mass is 35.5. The normalized spacial score (nSPS) is 22.4. The van der Waals surface area contributed by atoms with Gasteiger partial charge in [0.15, 0.2) is 0 Å². The summed E-state index contributed by atoms with van der Waals surface area (Å²) in [7, 11) is 0. The van der Waals surface area contributed by atoms with Crippen LogP contribution >= 0.6 is 11.6 Å². The second-order valence-electron chi connectivity index (χ2n) is 4.27. The van der Waals surface area contributed by atoms with Crippen molar-refractivity contribution in [2.45, 2.75) is 24.9 Å². The van der Waals surface area contributed by atoms with Crippen molar-refractivity contribution in [3.63, 3.8) is 0 Å². The Kier molecular flexibility index (Phi) is 3.85. The summed E-state index contributed by atoms with van der Waals surface area (Å²) >= 11 is 5.76. The number of halogens is 1. The highest BCUT2D eigenvalue weighted by Crippen LogP contribution is 2.32. The number of hydrogen-bond donors (Lipinski definition) is 1. The third kappa shape index (κ3) is 2.93. The van der Waals surface area contributed by atoms with Gasteiger partial charge in [0.25, 0.3) is 5.78 Å². The van der Waals surface area contributed by atoms with Crippen molar-refractivity contribution in [2.75, 3.05) is 0 Å². The topological polar surface area (TPSA) is 80.7 Å². The number of Topliss-reactive ketones (excluding diaryl/α,β-unsaturated/α-hetero) is 1. The van der Waals surface area contributed by atoms with Gasteiger partial charge in [0.1, 0.15) is 6.10 Å². The van der Waals surface area contributed by atoms with E-state index in [9.17, 15) is 14.4 Å². The van der Waals surface area contributed by atoms with Crippen molar-refractivity contribution in [1.29, 1.82) is 0 Å². The molecule has 1 fully saturated rings. The quantitative estimate of drug-likeness (QED) is 0.672. The molecular weight excluding hydrogens is 272 g/mol. The molecule has 1 heterocycles. The van der Waals surface area contributed by atoms with Crippen LogP contribution in [0.25, 0.3) is 0 Å². The SMILES string of the molecule is O=C(O)CCC1OC(=O)C(=O)C1c1ccc(Cl)cc1. The van der Waals surface area contributed by atoms with Crippen LogP contribution in [0.15, 0.2) is 24.3 Å². The van der Waals surface area contributed by atoms with Gasteiger partial charge in [-0.15, -0.1) is 0 Å². The Hall–Kier alpha value is -1.88. The van der Waals surface area contributed by atoms with E-state index >= 15 is 0 Å². The molecule has 5 nitrogen and oxygen atoms in total. The molecule has 2 rings (SSSR count). The van der Waals surface area contributed by atoms with Gasteiger partial charge < -0.3 is 9.84 Å². The third-order valence-electron chi connectivity index (χ3n) is 2.99. The Balaban J connectivity index is 2.22. The molecule has 0 bridgehead atoms. The number of carboxylic acid groups (broad SMARTS) is 1. The van der Waals surface area contributed by atoms with Gasteiger partial charge in [-0.05, 0) is 24.1 Å². The van der Waals surface area contributed by atoms with Gasteiger partial charge in [0, 0.05) is 11.4 Å². The molecule has 0 radical (unpaired) electrons. The average molecular weight is 283 g/mol. The summed E-state index contributed by atoms with van der Waals surface area (Å²) in [6.45, 7) is 0. The number of carbonyl (C=O) groups is 3. The largest absolute Gasteiger partial charge is 0.481 e. The van der Waals surface area contributed by atoms with Crippen LogP contribution in [-0.4, -0.2) is 28.9 Å². The van der Waals surface area contributed by atoms with Crippen molar-refractivity contribution in [3.8, 4) is 0 Å². The maximum Gasteiger partial charge on any atom is 0.375 e. The Morgan fingerprint density at radius 2 is 1.89 bits per heavy atom. The first-order valence-corrected chi connectivity index (χ1v) is 6.09. The van der Waals surface area contributed by atoms with Gasteiger partial charge in [-0.1, -0.05) is 23.7 Å². The molecule has 0 saturated carbocycles. The minimum atomic E-state index is -0.995. The number of ketones is 1. The van der Waals surface area contributed by atoms with Crippen LogP contribution < -0.4 is 0 Å². The number of ether oxygens (including phenoxy) is 1. The van der Waals surface area contributed by atoms with Gasteiger partial charge >= 0.3 is 11.9 Å². The number of cyclic esters (lactones) is 1. The van der Waals surface area contributed by atoms with Crippen molar-refractivity contribution in [3.05, 3.63) is 34.9 Å². The van der Waals surface area contributed by atoms with E-state index in [4.69, 9.17) is 21.4 Å². The third-order valence-corrected chi connectivity index (χ3v) is 3.24. The Morgan fingerprint density at radius 1 is 1.26 bits per heavy atom. The Bertz CT molecular complexity index is 522. The molecule has 0 aliphatic carbocycles. The zero-order valence-electron chi connectivity index (χ0n) is 9.84. The van der Waals surface area contributed by atoms with E-state index in [1.165, 1.54) is 0 Å². The Labute approximate surface area is 114 Å². The predicted octanol–water partition coefficient (Wildman–Crippen LogP) is 1.78. The number of rotatable bonds is 4. The maximum atomic E-state index is 11.8. The van der Waals surface area contributed by atoms with Gasteiger partial charge in [-0.3, -0.25) is 9.59 Å². The Morgan fingerprint density at radius 3 is 2.47 bits per heavy atom. The molecule has 1 aromatic carbocycles. The lowest BCUT2D eigenvalue weighted by Crippen LogP contribution is -2.19. The van der Waals surface area contributed by atoms with Crippen molar-refractivity contribution in [1.82, 2.24) is 0 Å². The molecule has 1 aliphatic heterocycles. The minimum Gasteiger partial charge on any atom is -0.481 e. The highest BCUT2D eigenvalue weighted by Gasteiger charge is 2.44. The summed E-state index contributed by atoms with van der Waals surface area (Å²) < 4.78 is 4.94. The lowest BCUT2D eigenvalue weighted by Gasteiger charge is -2.15. The lowest BCUT2D eigenvalue weighted by atomic mass is 9.89. The molecular formula is C13H11ClO5. The fourth-order valence-corrected chi connectivity index (χ4v) is 2.21. The molecule has 0 aromatic heterocycles. The summed E-state index contributed by atoms with van der Waals surface area (Å²) in [5, 5.41) is 9.17. The fourth-order valence-electron chi connectivity index (χ4n) is 2.09. The van der Waals surface area contributed by atoms with Gasteiger partial charge in [-0.25, -0.2) is 4.79 Å². The highest BCUT2D eigenvalue weighted by molar-refractivity contribution is 6.37. The fraction of sp³-hybridized carbons (Fsp3) is 0.308. The average Bonchev–Trinajstić information content (AvgIpc) is 2.64. The van der Waals surface area contributed by atoms with E-state index < -0.39 is 29.7 Å². The molecule has 0 amide bonds. The first kappa shape index (κ1) is 13.5. The first-order chi connectivity index (χ1) is 8.99. The minimum absolute atomic E-state index is 0.111. The molecule has 1 saturated heterocycles. The van der Waals surface area contributed by atoms with E-state index in [-0.39, 0.29) is 12.8 Å². The second kappa shape index (κ2) is 5.40. The maximum absolute atomic E-state index is 11.8. The number of benzene rings is 1. The lowest BCUT2D eigenvalue weighted by molar-refractivity contribution is -0.149. The van der Waals surface area contributed by atoms with Crippen molar-refractivity contribution in [2.24, 2.45) is 0 Å². The molecule has 0 spiro atoms. The number of carboxylic acids is 1. The molecule has 1 aromatic rings. The van der Waals surface area contributed by atoms with Crippen LogP contribution in [0.2, 0.25) is 5.02 Å². The first-order valence-electron chi connectivity index (χ1n) is 5.71. The second-order valence-corrected chi connectivity index (χ2v) is 4.71. The van der Waals surface area contributed by atoms with Crippen LogP contribution in [-0.2, 0) is 19.1 Å². The monoisotopic (exact) mass is 282 g/mol. The number of carbonyl (C=O) groups excluding carboxylic acids is 2. The molecule has 2 unspecified atom stereocenters. The van der Waals surface area contributed by atoms with Crippen LogP contribution in [0.4, 0.5) is 0 Å². The molecule has 19 heavy (non-hydrogen) atoms. The number of esters is 1. The summed E-state index contributed by atoms with van der Waals surface area (Å²) in [5.41, 5.74) is 0.607. The van der Waals surface area contributed by atoms with Gasteiger partial charge in [0.05, 0.1) is 5.92 Å². The van der Waals surface area contributed by atoms with Gasteiger partial charge in [-0.2, -0.15) is 0 Å². The zero-order chi connectivity index (χ0) is 14.0. The van der Waals surface area contributed by atoms with E-state index in [0.717, 1.165) is 0 Å². The van der Waals surface area contributed by atoms with E-state index in [1.54, 1.807) is 24.3 Å². The van der Waals surface area contributed by atoms with Crippen LogP contribution in [0.3, 0.4) is 0 Å². The van der Waals surface area contributed by atoms with Crippen LogP contribution in [0.1, 0.15) is 24.3 Å². The number of aliphatic carboxylic acids is 1. The smallest absolute Gasteiger partial charge is 0.375 e. The standard InChI is InChI=1S/C13H11ClO5/c14-8-3-1-7(2-4-8)11-9(5-6-10(15)16)19-13(18)12(11)17/h1-4,9,11H,5-6H2,(H,15,16). The van der Waals surface area contributed by atoms with E-state index in [2.05, 4.69) is 0 Å². The molecule has 100 valence electrons. The molecule has 1 N–H and O–H groups in total. The van der Waals surface area contributed by atoms with Crippen molar-refractivity contribution < 1.29 is 24.2 Å². The summed E-state index contributed by atoms with van der Waals surface area (Å²) in [4.78, 5) is 33.7. The van der Waals surface area contributed by atoms with E-state index in [1.807, 2.05) is 0 Å². The zero-order valence-corrected chi connectivity index (χ0v) is 10.6. The number of hydrogen-bond acceptors (Lipinski definition) is 4.